The lowest BCUT2D eigenvalue weighted by Gasteiger charge is -2.14. The first-order valence-electron chi connectivity index (χ1n) is 11.4. The number of benzene rings is 3. The van der Waals surface area contributed by atoms with E-state index in [1.54, 1.807) is 0 Å². The summed E-state index contributed by atoms with van der Waals surface area (Å²) in [7, 11) is 0. The Hall–Kier alpha value is -4.33. The van der Waals surface area contributed by atoms with Gasteiger partial charge in [-0.15, -0.1) is 0 Å². The van der Waals surface area contributed by atoms with Crippen LogP contribution in [0.1, 0.15) is 46.7 Å². The summed E-state index contributed by atoms with van der Waals surface area (Å²) in [5, 5.41) is 24.0. The molecule has 0 heterocycles. The van der Waals surface area contributed by atoms with Gasteiger partial charge in [0.05, 0.1) is 11.3 Å². The molecular formula is C27H26N2O6. The number of carboxylic acid groups (broad SMARTS) is 1. The van der Waals surface area contributed by atoms with Crippen molar-refractivity contribution in [1.29, 1.82) is 0 Å². The lowest BCUT2D eigenvalue weighted by atomic mass is 9.98. The summed E-state index contributed by atoms with van der Waals surface area (Å²) in [5.41, 5.74) is 4.63. The minimum absolute atomic E-state index is 0.00658. The van der Waals surface area contributed by atoms with Gasteiger partial charge >= 0.3 is 12.1 Å². The number of phenolic OH excluding ortho intramolecular Hbond substituents is 1. The van der Waals surface area contributed by atoms with E-state index in [1.807, 2.05) is 24.3 Å². The summed E-state index contributed by atoms with van der Waals surface area (Å²) in [6.45, 7) is 0.588. The summed E-state index contributed by atoms with van der Waals surface area (Å²) in [5.74, 6) is -1.73. The van der Waals surface area contributed by atoms with Crippen molar-refractivity contribution in [3.63, 3.8) is 0 Å². The maximum atomic E-state index is 12.2. The molecule has 1 aliphatic carbocycles. The number of aromatic carboxylic acids is 1. The Morgan fingerprint density at radius 2 is 1.54 bits per heavy atom. The summed E-state index contributed by atoms with van der Waals surface area (Å²) in [4.78, 5) is 35.4. The molecule has 0 aromatic heterocycles. The van der Waals surface area contributed by atoms with Gasteiger partial charge in [-0.05, 0) is 53.3 Å². The Morgan fingerprint density at radius 3 is 2.20 bits per heavy atom. The Morgan fingerprint density at radius 1 is 0.886 bits per heavy atom. The largest absolute Gasteiger partial charge is 0.506 e. The van der Waals surface area contributed by atoms with Gasteiger partial charge in [0.2, 0.25) is 5.91 Å². The van der Waals surface area contributed by atoms with Crippen LogP contribution < -0.4 is 10.6 Å². The zero-order chi connectivity index (χ0) is 24.8. The van der Waals surface area contributed by atoms with Crippen molar-refractivity contribution < 1.29 is 29.3 Å². The molecule has 0 saturated heterocycles. The van der Waals surface area contributed by atoms with Gasteiger partial charge in [-0.1, -0.05) is 48.5 Å². The third kappa shape index (κ3) is 5.60. The van der Waals surface area contributed by atoms with Crippen LogP contribution >= 0.6 is 0 Å². The highest BCUT2D eigenvalue weighted by Gasteiger charge is 2.28. The minimum Gasteiger partial charge on any atom is -0.506 e. The maximum absolute atomic E-state index is 12.2. The number of amides is 2. The molecule has 8 nitrogen and oxygen atoms in total. The van der Waals surface area contributed by atoms with Crippen LogP contribution in [0.5, 0.6) is 5.75 Å². The first-order chi connectivity index (χ1) is 16.9. The Kier molecular flexibility index (Phi) is 7.30. The van der Waals surface area contributed by atoms with Crippen LogP contribution in [-0.4, -0.2) is 41.3 Å². The van der Waals surface area contributed by atoms with Gasteiger partial charge < -0.3 is 25.6 Å². The summed E-state index contributed by atoms with van der Waals surface area (Å²) in [6.07, 6.45) is 0.697. The lowest BCUT2D eigenvalue weighted by Crippen LogP contribution is -2.27. The van der Waals surface area contributed by atoms with Crippen LogP contribution in [0.3, 0.4) is 0 Å². The zero-order valence-electron chi connectivity index (χ0n) is 19.0. The Balaban J connectivity index is 1.18. The molecule has 1 aliphatic rings. The first-order valence-corrected chi connectivity index (χ1v) is 11.4. The third-order valence-corrected chi connectivity index (χ3v) is 5.96. The molecule has 0 atom stereocenters. The number of carboxylic acids is 1. The molecule has 0 radical (unpaired) electrons. The van der Waals surface area contributed by atoms with Crippen molar-refractivity contribution in [2.24, 2.45) is 0 Å². The molecule has 4 rings (SSSR count). The van der Waals surface area contributed by atoms with Crippen molar-refractivity contribution in [3.05, 3.63) is 83.4 Å². The zero-order valence-corrected chi connectivity index (χ0v) is 19.0. The number of anilines is 1. The number of alkyl carbamates (subject to hydrolysis) is 1. The van der Waals surface area contributed by atoms with E-state index in [-0.39, 0.29) is 41.9 Å². The fourth-order valence-corrected chi connectivity index (χ4v) is 4.23. The number of phenols is 1. The van der Waals surface area contributed by atoms with Crippen molar-refractivity contribution in [2.45, 2.75) is 25.2 Å². The number of ether oxygens (including phenoxy) is 1. The second-order valence-electron chi connectivity index (χ2n) is 8.29. The van der Waals surface area contributed by atoms with E-state index in [4.69, 9.17) is 9.84 Å². The molecule has 0 saturated carbocycles. The van der Waals surface area contributed by atoms with Gasteiger partial charge in [-0.25, -0.2) is 9.59 Å². The van der Waals surface area contributed by atoms with Gasteiger partial charge in [0.25, 0.3) is 0 Å². The number of nitrogens with one attached hydrogen (secondary N) is 2. The molecule has 0 bridgehead atoms. The van der Waals surface area contributed by atoms with E-state index in [0.29, 0.717) is 19.4 Å². The van der Waals surface area contributed by atoms with Gasteiger partial charge in [0, 0.05) is 18.9 Å². The Bertz CT molecular complexity index is 1210. The number of carbonyl (C=O) groups is 3. The van der Waals surface area contributed by atoms with E-state index in [0.717, 1.165) is 11.1 Å². The summed E-state index contributed by atoms with van der Waals surface area (Å²) in [6, 6.07) is 19.9. The second kappa shape index (κ2) is 10.7. The molecular weight excluding hydrogens is 448 g/mol. The van der Waals surface area contributed by atoms with Gasteiger partial charge in [-0.2, -0.15) is 0 Å². The fourth-order valence-electron chi connectivity index (χ4n) is 4.23. The van der Waals surface area contributed by atoms with Crippen molar-refractivity contribution in [3.8, 4) is 16.9 Å². The van der Waals surface area contributed by atoms with E-state index < -0.39 is 12.1 Å². The van der Waals surface area contributed by atoms with Crippen LogP contribution in [-0.2, 0) is 9.53 Å². The van der Waals surface area contributed by atoms with Gasteiger partial charge in [-0.3, -0.25) is 4.79 Å². The Labute approximate surface area is 202 Å². The second-order valence-corrected chi connectivity index (χ2v) is 8.29. The van der Waals surface area contributed by atoms with Crippen LogP contribution in [0.4, 0.5) is 10.5 Å². The van der Waals surface area contributed by atoms with Gasteiger partial charge in [0.15, 0.2) is 0 Å². The van der Waals surface area contributed by atoms with Crippen molar-refractivity contribution in [1.82, 2.24) is 5.32 Å². The first kappa shape index (κ1) is 23.8. The number of hydrogen-bond acceptors (Lipinski definition) is 5. The molecule has 3 aromatic carbocycles. The predicted octanol–water partition coefficient (Wildman–Crippen LogP) is 4.74. The molecule has 180 valence electrons. The number of hydrogen-bond donors (Lipinski definition) is 4. The van der Waals surface area contributed by atoms with E-state index in [1.165, 1.54) is 29.3 Å². The number of aromatic hydroxyl groups is 1. The molecule has 0 aliphatic heterocycles. The van der Waals surface area contributed by atoms with E-state index in [9.17, 15) is 19.5 Å². The van der Waals surface area contributed by atoms with Crippen LogP contribution in [0.15, 0.2) is 66.7 Å². The lowest BCUT2D eigenvalue weighted by molar-refractivity contribution is -0.116. The average Bonchev–Trinajstić information content (AvgIpc) is 3.17. The highest BCUT2D eigenvalue weighted by Crippen LogP contribution is 2.44. The van der Waals surface area contributed by atoms with Gasteiger partial charge in [0.1, 0.15) is 12.4 Å². The summed E-state index contributed by atoms with van der Waals surface area (Å²) < 4.78 is 5.48. The molecule has 2 amide bonds. The monoisotopic (exact) mass is 474 g/mol. The van der Waals surface area contributed by atoms with Crippen LogP contribution in [0.2, 0.25) is 0 Å². The van der Waals surface area contributed by atoms with Crippen LogP contribution in [0.25, 0.3) is 11.1 Å². The quantitative estimate of drug-likeness (QED) is 0.262. The van der Waals surface area contributed by atoms with E-state index >= 15 is 0 Å². The SMILES string of the molecule is O=C(CCCCNC(=O)OCC1c2ccccc2-c2ccccc21)Nc1cc(C(=O)O)ccc1O. The molecule has 35 heavy (non-hydrogen) atoms. The third-order valence-electron chi connectivity index (χ3n) is 5.96. The van der Waals surface area contributed by atoms with Crippen molar-refractivity contribution in [2.75, 3.05) is 18.5 Å². The molecule has 8 heteroatoms. The van der Waals surface area contributed by atoms with Crippen molar-refractivity contribution >= 4 is 23.7 Å². The molecule has 0 spiro atoms. The smallest absolute Gasteiger partial charge is 0.407 e. The fraction of sp³-hybridized carbons (Fsp3) is 0.222. The number of rotatable bonds is 9. The average molecular weight is 475 g/mol. The van der Waals surface area contributed by atoms with E-state index in [2.05, 4.69) is 34.9 Å². The predicted molar refractivity (Wildman–Crippen MR) is 131 cm³/mol. The number of fused-ring (bicyclic) bond motifs is 3. The standard InChI is InChI=1S/C27H26N2O6/c30-24-13-12-17(26(32)33)15-23(24)29-25(31)11-5-6-14-28-27(34)35-16-22-20-9-3-1-7-18(20)19-8-2-4-10-21(19)22/h1-4,7-10,12-13,15,22,30H,5-6,11,14,16H2,(H,28,34)(H,29,31)(H,32,33). The molecule has 0 fully saturated rings. The maximum Gasteiger partial charge on any atom is 0.407 e. The summed E-state index contributed by atoms with van der Waals surface area (Å²) >= 11 is 0. The molecule has 0 unspecified atom stereocenters. The minimum atomic E-state index is -1.15. The molecule has 4 N–H and O–H groups in total. The normalized spacial score (nSPS) is 11.9. The molecule has 3 aromatic rings. The highest BCUT2D eigenvalue weighted by molar-refractivity contribution is 5.95. The number of unbranched alkanes of at least 4 members (excludes halogenated alkanes) is 1. The topological polar surface area (TPSA) is 125 Å². The van der Waals surface area contributed by atoms with Crippen LogP contribution in [0, 0.1) is 0 Å². The highest BCUT2D eigenvalue weighted by atomic mass is 16.5. The number of carbonyl (C=O) groups excluding carboxylic acids is 2.